The molecule has 1 aromatic heterocycles. The molecule has 1 atom stereocenters. The Kier molecular flexibility index (Phi) is 3.17. The van der Waals surface area contributed by atoms with Crippen LogP contribution >= 0.6 is 15.9 Å². The van der Waals surface area contributed by atoms with E-state index in [-0.39, 0.29) is 5.60 Å². The molecule has 2 N–H and O–H groups in total. The number of nitrogen functional groups attached to an aromatic ring is 1. The summed E-state index contributed by atoms with van der Waals surface area (Å²) in [6.45, 7) is 4.85. The predicted molar refractivity (Wildman–Crippen MR) is 66.1 cm³/mol. The smallest absolute Gasteiger partial charge is 0.162 e. The van der Waals surface area contributed by atoms with Gasteiger partial charge < -0.3 is 10.5 Å². The highest BCUT2D eigenvalue weighted by molar-refractivity contribution is 9.10. The fourth-order valence-electron chi connectivity index (χ4n) is 1.94. The first-order chi connectivity index (χ1) is 7.57. The molecule has 4 nitrogen and oxygen atoms in total. The molecule has 1 fully saturated rings. The molecule has 0 amide bonds. The Morgan fingerprint density at radius 2 is 2.25 bits per heavy atom. The summed E-state index contributed by atoms with van der Waals surface area (Å²) in [5.41, 5.74) is 6.45. The number of ether oxygens (including phenoxy) is 1. The van der Waals surface area contributed by atoms with Crippen LogP contribution in [0.2, 0.25) is 0 Å². The maximum atomic E-state index is 5.87. The van der Waals surface area contributed by atoms with Crippen LogP contribution in [0, 0.1) is 0 Å². The highest BCUT2D eigenvalue weighted by atomic mass is 79.9. The molecule has 1 aliphatic heterocycles. The summed E-state index contributed by atoms with van der Waals surface area (Å²) in [5.74, 6) is 1.21. The summed E-state index contributed by atoms with van der Waals surface area (Å²) in [6.07, 6.45) is 2.84. The fourth-order valence-corrected chi connectivity index (χ4v) is 2.40. The second-order valence-electron chi connectivity index (χ2n) is 4.23. The van der Waals surface area contributed by atoms with E-state index in [4.69, 9.17) is 10.5 Å². The monoisotopic (exact) mass is 285 g/mol. The third-order valence-corrected chi connectivity index (χ3v) is 3.84. The van der Waals surface area contributed by atoms with Crippen molar-refractivity contribution in [2.75, 3.05) is 12.3 Å². The quantitative estimate of drug-likeness (QED) is 0.907. The number of aromatic nitrogens is 2. The standard InChI is InChI=1S/C11H16BrN3O/c1-3-7-8(12)9(13)15-10(14-7)11(2)5-4-6-16-11/h3-6H2,1-2H3,(H2,13,14,15). The average molecular weight is 286 g/mol. The number of nitrogens with zero attached hydrogens (tertiary/aromatic N) is 2. The van der Waals surface area contributed by atoms with Crippen LogP contribution in [0.15, 0.2) is 4.47 Å². The number of hydrogen-bond donors (Lipinski definition) is 1. The lowest BCUT2D eigenvalue weighted by atomic mass is 10.0. The lowest BCUT2D eigenvalue weighted by Gasteiger charge is -2.22. The molecule has 0 bridgehead atoms. The van der Waals surface area contributed by atoms with Gasteiger partial charge in [0.25, 0.3) is 0 Å². The number of aryl methyl sites for hydroxylation is 1. The Hall–Kier alpha value is -0.680. The highest BCUT2D eigenvalue weighted by Crippen LogP contribution is 2.35. The van der Waals surface area contributed by atoms with Crippen LogP contribution in [0.25, 0.3) is 0 Å². The van der Waals surface area contributed by atoms with Gasteiger partial charge in [-0.25, -0.2) is 9.97 Å². The number of anilines is 1. The van der Waals surface area contributed by atoms with E-state index in [9.17, 15) is 0 Å². The van der Waals surface area contributed by atoms with Gasteiger partial charge in [0.15, 0.2) is 5.82 Å². The zero-order chi connectivity index (χ0) is 11.8. The molecule has 1 saturated heterocycles. The van der Waals surface area contributed by atoms with Crippen molar-refractivity contribution in [3.05, 3.63) is 16.0 Å². The van der Waals surface area contributed by atoms with Crippen molar-refractivity contribution in [3.8, 4) is 0 Å². The van der Waals surface area contributed by atoms with Crippen molar-refractivity contribution < 1.29 is 4.74 Å². The maximum absolute atomic E-state index is 5.87. The van der Waals surface area contributed by atoms with Crippen molar-refractivity contribution in [2.45, 2.75) is 38.7 Å². The molecule has 0 saturated carbocycles. The largest absolute Gasteiger partial charge is 0.383 e. The molecule has 0 radical (unpaired) electrons. The van der Waals surface area contributed by atoms with E-state index in [1.54, 1.807) is 0 Å². The van der Waals surface area contributed by atoms with Crippen molar-refractivity contribution in [3.63, 3.8) is 0 Å². The summed E-state index contributed by atoms with van der Waals surface area (Å²) >= 11 is 3.41. The van der Waals surface area contributed by atoms with Gasteiger partial charge in [-0.2, -0.15) is 0 Å². The molecule has 2 heterocycles. The molecular weight excluding hydrogens is 270 g/mol. The van der Waals surface area contributed by atoms with Crippen LogP contribution in [0.1, 0.15) is 38.2 Å². The first kappa shape index (κ1) is 11.8. The van der Waals surface area contributed by atoms with Gasteiger partial charge in [-0.05, 0) is 42.1 Å². The molecule has 2 rings (SSSR count). The zero-order valence-corrected chi connectivity index (χ0v) is 11.2. The molecule has 1 aromatic rings. The van der Waals surface area contributed by atoms with Gasteiger partial charge in [0.05, 0.1) is 10.2 Å². The summed E-state index contributed by atoms with van der Waals surface area (Å²) in [5, 5.41) is 0. The molecule has 0 aliphatic carbocycles. The minimum absolute atomic E-state index is 0.362. The normalized spacial score (nSPS) is 24.9. The van der Waals surface area contributed by atoms with Crippen molar-refractivity contribution >= 4 is 21.7 Å². The van der Waals surface area contributed by atoms with Gasteiger partial charge >= 0.3 is 0 Å². The number of halogens is 1. The Bertz CT molecular complexity index is 402. The van der Waals surface area contributed by atoms with Crippen LogP contribution in [0.5, 0.6) is 0 Å². The van der Waals surface area contributed by atoms with Crippen molar-refractivity contribution in [1.29, 1.82) is 0 Å². The first-order valence-corrected chi connectivity index (χ1v) is 6.32. The Balaban J connectivity index is 2.45. The highest BCUT2D eigenvalue weighted by Gasteiger charge is 2.35. The topological polar surface area (TPSA) is 61.0 Å². The molecule has 0 spiro atoms. The summed E-state index contributed by atoms with van der Waals surface area (Å²) in [7, 11) is 0. The van der Waals surface area contributed by atoms with Crippen LogP contribution < -0.4 is 5.73 Å². The third-order valence-electron chi connectivity index (χ3n) is 2.97. The minimum Gasteiger partial charge on any atom is -0.383 e. The molecular formula is C11H16BrN3O. The zero-order valence-electron chi connectivity index (χ0n) is 9.59. The van der Waals surface area contributed by atoms with Crippen molar-refractivity contribution in [2.24, 2.45) is 0 Å². The molecule has 88 valence electrons. The van der Waals surface area contributed by atoms with Crippen LogP contribution in [-0.4, -0.2) is 16.6 Å². The SMILES string of the molecule is CCc1nc(C2(C)CCCO2)nc(N)c1Br. The van der Waals surface area contributed by atoms with Gasteiger partial charge in [-0.1, -0.05) is 6.92 Å². The van der Waals surface area contributed by atoms with E-state index in [1.165, 1.54) is 0 Å². The predicted octanol–water partition coefficient (Wildman–Crippen LogP) is 2.41. The van der Waals surface area contributed by atoms with E-state index in [2.05, 4.69) is 25.9 Å². The Morgan fingerprint density at radius 3 is 2.81 bits per heavy atom. The summed E-state index contributed by atoms with van der Waals surface area (Å²) in [6, 6.07) is 0. The molecule has 0 aromatic carbocycles. The van der Waals surface area contributed by atoms with Gasteiger partial charge in [-0.15, -0.1) is 0 Å². The van der Waals surface area contributed by atoms with E-state index < -0.39 is 0 Å². The molecule has 5 heteroatoms. The maximum Gasteiger partial charge on any atom is 0.162 e. The Morgan fingerprint density at radius 1 is 1.50 bits per heavy atom. The second kappa shape index (κ2) is 4.30. The van der Waals surface area contributed by atoms with E-state index in [1.807, 2.05) is 13.8 Å². The van der Waals surface area contributed by atoms with Crippen LogP contribution in [0.3, 0.4) is 0 Å². The lowest BCUT2D eigenvalue weighted by Crippen LogP contribution is -2.24. The fraction of sp³-hybridized carbons (Fsp3) is 0.636. The van der Waals surface area contributed by atoms with E-state index in [0.29, 0.717) is 11.6 Å². The van der Waals surface area contributed by atoms with E-state index in [0.717, 1.165) is 36.0 Å². The molecule has 1 unspecified atom stereocenters. The number of rotatable bonds is 2. The number of hydrogen-bond acceptors (Lipinski definition) is 4. The van der Waals surface area contributed by atoms with Crippen LogP contribution in [0.4, 0.5) is 5.82 Å². The van der Waals surface area contributed by atoms with Gasteiger partial charge in [0, 0.05) is 6.61 Å². The average Bonchev–Trinajstić information content (AvgIpc) is 2.70. The van der Waals surface area contributed by atoms with Crippen LogP contribution in [-0.2, 0) is 16.8 Å². The lowest BCUT2D eigenvalue weighted by molar-refractivity contribution is 0.00925. The van der Waals surface area contributed by atoms with Crippen molar-refractivity contribution in [1.82, 2.24) is 9.97 Å². The summed E-state index contributed by atoms with van der Waals surface area (Å²) in [4.78, 5) is 8.87. The number of nitrogens with two attached hydrogens (primary N) is 1. The van der Waals surface area contributed by atoms with Gasteiger partial charge in [-0.3, -0.25) is 0 Å². The molecule has 1 aliphatic rings. The Labute approximate surface area is 104 Å². The molecule has 16 heavy (non-hydrogen) atoms. The third kappa shape index (κ3) is 1.94. The first-order valence-electron chi connectivity index (χ1n) is 5.53. The second-order valence-corrected chi connectivity index (χ2v) is 5.02. The van der Waals surface area contributed by atoms with Gasteiger partial charge in [0.1, 0.15) is 11.4 Å². The summed E-state index contributed by atoms with van der Waals surface area (Å²) < 4.78 is 6.53. The minimum atomic E-state index is -0.362. The van der Waals surface area contributed by atoms with E-state index >= 15 is 0 Å². The van der Waals surface area contributed by atoms with Gasteiger partial charge in [0.2, 0.25) is 0 Å².